The first kappa shape index (κ1) is 15.5. The van der Waals surface area contributed by atoms with Crippen molar-refractivity contribution in [1.82, 2.24) is 21.1 Å². The summed E-state index contributed by atoms with van der Waals surface area (Å²) in [6, 6.07) is 5.65. The van der Waals surface area contributed by atoms with Crippen molar-refractivity contribution in [3.8, 4) is 0 Å². The third kappa shape index (κ3) is 4.84. The largest absolute Gasteiger partial charge is 0.352 e. The van der Waals surface area contributed by atoms with E-state index in [1.165, 1.54) is 6.92 Å². The number of nitrogens with zero attached hydrogens (tertiary/aromatic N) is 1. The van der Waals surface area contributed by atoms with E-state index < -0.39 is 0 Å². The third-order valence-corrected chi connectivity index (χ3v) is 3.32. The lowest BCUT2D eigenvalue weighted by Crippen LogP contribution is -2.52. The van der Waals surface area contributed by atoms with E-state index in [1.54, 1.807) is 0 Å². The second-order valence-corrected chi connectivity index (χ2v) is 5.30. The van der Waals surface area contributed by atoms with Crippen molar-refractivity contribution in [1.29, 1.82) is 0 Å². The second-order valence-electron chi connectivity index (χ2n) is 5.30. The van der Waals surface area contributed by atoms with Crippen LogP contribution in [0.2, 0.25) is 0 Å². The van der Waals surface area contributed by atoms with Crippen molar-refractivity contribution in [2.24, 2.45) is 0 Å². The molecule has 1 saturated heterocycles. The minimum atomic E-state index is -0.107. The van der Waals surface area contributed by atoms with E-state index in [9.17, 15) is 9.59 Å². The molecule has 3 N–H and O–H groups in total. The molecule has 1 heterocycles. The number of rotatable bonds is 4. The Morgan fingerprint density at radius 2 is 1.95 bits per heavy atom. The first-order chi connectivity index (χ1) is 10.0. The molecule has 6 nitrogen and oxygen atoms in total. The summed E-state index contributed by atoms with van der Waals surface area (Å²) in [5.41, 5.74) is 5.47. The quantitative estimate of drug-likeness (QED) is 0.740. The number of hydrogen-bond acceptors (Lipinski definition) is 4. The third-order valence-electron chi connectivity index (χ3n) is 3.32. The summed E-state index contributed by atoms with van der Waals surface area (Å²) in [7, 11) is 0. The SMILES string of the molecule is CC(=O)NCc1cc(C)cc(C(=O)NN2CCNCC2)c1. The topological polar surface area (TPSA) is 73.5 Å². The van der Waals surface area contributed by atoms with Gasteiger partial charge in [0.05, 0.1) is 0 Å². The van der Waals surface area contributed by atoms with Crippen LogP contribution in [0.3, 0.4) is 0 Å². The van der Waals surface area contributed by atoms with Crippen molar-refractivity contribution in [2.75, 3.05) is 26.2 Å². The highest BCUT2D eigenvalue weighted by molar-refractivity contribution is 5.94. The van der Waals surface area contributed by atoms with Gasteiger partial charge < -0.3 is 10.6 Å². The molecule has 1 aromatic carbocycles. The van der Waals surface area contributed by atoms with Gasteiger partial charge in [-0.05, 0) is 30.2 Å². The number of piperazine rings is 1. The molecule has 6 heteroatoms. The van der Waals surface area contributed by atoms with Crippen molar-refractivity contribution >= 4 is 11.8 Å². The van der Waals surface area contributed by atoms with Gasteiger partial charge in [0, 0.05) is 45.2 Å². The number of hydrogen-bond donors (Lipinski definition) is 3. The average molecular weight is 290 g/mol. The molecule has 1 aromatic rings. The van der Waals surface area contributed by atoms with Crippen LogP contribution >= 0.6 is 0 Å². The molecule has 114 valence electrons. The van der Waals surface area contributed by atoms with Gasteiger partial charge in [-0.3, -0.25) is 15.0 Å². The number of carbonyl (C=O) groups is 2. The van der Waals surface area contributed by atoms with Gasteiger partial charge in [-0.15, -0.1) is 0 Å². The van der Waals surface area contributed by atoms with E-state index >= 15 is 0 Å². The molecule has 21 heavy (non-hydrogen) atoms. The summed E-state index contributed by atoms with van der Waals surface area (Å²) in [5, 5.41) is 7.91. The second kappa shape index (κ2) is 7.19. The Labute approximate surface area is 124 Å². The maximum atomic E-state index is 12.3. The number of carbonyl (C=O) groups excluding carboxylic acids is 2. The fourth-order valence-electron chi connectivity index (χ4n) is 2.31. The Bertz CT molecular complexity index is 524. The van der Waals surface area contributed by atoms with E-state index in [0.29, 0.717) is 12.1 Å². The van der Waals surface area contributed by atoms with Crippen LogP contribution in [-0.2, 0) is 11.3 Å². The Morgan fingerprint density at radius 3 is 2.62 bits per heavy atom. The summed E-state index contributed by atoms with van der Waals surface area (Å²) in [4.78, 5) is 23.3. The summed E-state index contributed by atoms with van der Waals surface area (Å²) >= 11 is 0. The lowest BCUT2D eigenvalue weighted by Gasteiger charge is -2.27. The number of aryl methyl sites for hydroxylation is 1. The van der Waals surface area contributed by atoms with Crippen molar-refractivity contribution in [3.05, 3.63) is 34.9 Å². The first-order valence-electron chi connectivity index (χ1n) is 7.16. The molecule has 1 fully saturated rings. The standard InChI is InChI=1S/C15H22N4O2/c1-11-7-13(10-17-12(2)20)9-14(8-11)15(21)18-19-5-3-16-4-6-19/h7-9,16H,3-6,10H2,1-2H3,(H,17,20)(H,18,21). The van der Waals surface area contributed by atoms with E-state index in [1.807, 2.05) is 30.1 Å². The van der Waals surface area contributed by atoms with Crippen LogP contribution in [0.5, 0.6) is 0 Å². The molecule has 0 aliphatic carbocycles. The molecule has 0 spiro atoms. The lowest BCUT2D eigenvalue weighted by molar-refractivity contribution is -0.119. The van der Waals surface area contributed by atoms with E-state index in [4.69, 9.17) is 0 Å². The molecule has 0 aromatic heterocycles. The highest BCUT2D eigenvalue weighted by Crippen LogP contribution is 2.10. The molecule has 0 saturated carbocycles. The summed E-state index contributed by atoms with van der Waals surface area (Å²) < 4.78 is 0. The van der Waals surface area contributed by atoms with Crippen LogP contribution in [0.25, 0.3) is 0 Å². The zero-order chi connectivity index (χ0) is 15.2. The molecule has 1 aliphatic rings. The minimum Gasteiger partial charge on any atom is -0.352 e. The zero-order valence-electron chi connectivity index (χ0n) is 12.5. The number of nitrogens with one attached hydrogen (secondary N) is 3. The van der Waals surface area contributed by atoms with Crippen LogP contribution in [0.1, 0.15) is 28.4 Å². The average Bonchev–Trinajstić information content (AvgIpc) is 2.45. The highest BCUT2D eigenvalue weighted by Gasteiger charge is 2.14. The fourth-order valence-corrected chi connectivity index (χ4v) is 2.31. The normalized spacial score (nSPS) is 15.5. The Kier molecular flexibility index (Phi) is 5.30. The smallest absolute Gasteiger partial charge is 0.265 e. The lowest BCUT2D eigenvalue weighted by atomic mass is 10.1. The molecule has 2 amide bonds. The van der Waals surface area contributed by atoms with Crippen LogP contribution in [-0.4, -0.2) is 43.0 Å². The summed E-state index contributed by atoms with van der Waals surface area (Å²) in [5.74, 6) is -0.187. The molecule has 2 rings (SSSR count). The van der Waals surface area contributed by atoms with Gasteiger partial charge in [0.1, 0.15) is 0 Å². The van der Waals surface area contributed by atoms with Crippen molar-refractivity contribution < 1.29 is 9.59 Å². The Morgan fingerprint density at radius 1 is 1.24 bits per heavy atom. The van der Waals surface area contributed by atoms with E-state index in [0.717, 1.165) is 37.3 Å². The van der Waals surface area contributed by atoms with Gasteiger partial charge in [0.15, 0.2) is 0 Å². The van der Waals surface area contributed by atoms with Gasteiger partial charge in [-0.2, -0.15) is 0 Å². The maximum absolute atomic E-state index is 12.3. The molecule has 0 bridgehead atoms. The van der Waals surface area contributed by atoms with Crippen molar-refractivity contribution in [3.63, 3.8) is 0 Å². The van der Waals surface area contributed by atoms with E-state index in [2.05, 4.69) is 16.1 Å². The van der Waals surface area contributed by atoms with Crippen LogP contribution in [0, 0.1) is 6.92 Å². The monoisotopic (exact) mass is 290 g/mol. The Balaban J connectivity index is 2.03. The van der Waals surface area contributed by atoms with E-state index in [-0.39, 0.29) is 11.8 Å². The van der Waals surface area contributed by atoms with Crippen molar-refractivity contribution in [2.45, 2.75) is 20.4 Å². The van der Waals surface area contributed by atoms with Gasteiger partial charge in [0.2, 0.25) is 5.91 Å². The molecule has 1 aliphatic heterocycles. The zero-order valence-corrected chi connectivity index (χ0v) is 12.5. The highest BCUT2D eigenvalue weighted by atomic mass is 16.2. The predicted octanol–water partition coefficient (Wildman–Crippen LogP) is 0.181. The Hall–Kier alpha value is -1.92. The van der Waals surface area contributed by atoms with Gasteiger partial charge >= 0.3 is 0 Å². The molecular formula is C15H22N4O2. The number of amides is 2. The maximum Gasteiger partial charge on any atom is 0.265 e. The molecular weight excluding hydrogens is 268 g/mol. The van der Waals surface area contributed by atoms with Crippen LogP contribution in [0.15, 0.2) is 18.2 Å². The van der Waals surface area contributed by atoms with Gasteiger partial charge in [-0.25, -0.2) is 5.01 Å². The summed E-state index contributed by atoms with van der Waals surface area (Å²) in [6.07, 6.45) is 0. The summed E-state index contributed by atoms with van der Waals surface area (Å²) in [6.45, 7) is 7.22. The predicted molar refractivity (Wildman–Crippen MR) is 80.6 cm³/mol. The molecule has 0 radical (unpaired) electrons. The van der Waals surface area contributed by atoms with Crippen LogP contribution in [0.4, 0.5) is 0 Å². The van der Waals surface area contributed by atoms with Gasteiger partial charge in [-0.1, -0.05) is 6.07 Å². The number of hydrazine groups is 1. The van der Waals surface area contributed by atoms with Crippen LogP contribution < -0.4 is 16.1 Å². The minimum absolute atomic E-state index is 0.0803. The fraction of sp³-hybridized carbons (Fsp3) is 0.467. The number of benzene rings is 1. The molecule has 0 atom stereocenters. The molecule has 0 unspecified atom stereocenters. The first-order valence-corrected chi connectivity index (χ1v) is 7.16. The van der Waals surface area contributed by atoms with Gasteiger partial charge in [0.25, 0.3) is 5.91 Å².